The number of benzene rings is 1. The standard InChI is InChI=1S/C10H13ClN4O/c1-2-16-9-4-3-7(5-8(9)11)6-14-15-10(12)13/h3-6H,2H2,1H3,(H4,12,13,15)/b14-6-. The molecule has 0 heterocycles. The number of halogens is 1. The molecular formula is C10H13ClN4O. The minimum absolute atomic E-state index is 0.0896. The van der Waals surface area contributed by atoms with Crippen LogP contribution in [0.15, 0.2) is 28.4 Å². The maximum Gasteiger partial charge on any atom is 0.211 e. The monoisotopic (exact) mass is 240 g/mol. The Bertz CT molecular complexity index is 413. The Morgan fingerprint density at radius 1 is 1.50 bits per heavy atom. The lowest BCUT2D eigenvalue weighted by molar-refractivity contribution is 0.340. The third kappa shape index (κ3) is 3.78. The first-order chi connectivity index (χ1) is 7.63. The molecule has 6 heteroatoms. The zero-order valence-corrected chi connectivity index (χ0v) is 9.61. The molecule has 16 heavy (non-hydrogen) atoms. The van der Waals surface area contributed by atoms with Crippen LogP contribution in [-0.4, -0.2) is 18.8 Å². The van der Waals surface area contributed by atoms with Crippen LogP contribution in [0.25, 0.3) is 0 Å². The number of nitrogens with zero attached hydrogens (tertiary/aromatic N) is 2. The molecule has 0 aliphatic carbocycles. The first kappa shape index (κ1) is 12.3. The van der Waals surface area contributed by atoms with Crippen LogP contribution >= 0.6 is 11.6 Å². The zero-order chi connectivity index (χ0) is 12.0. The molecule has 4 N–H and O–H groups in total. The molecule has 0 atom stereocenters. The van der Waals surface area contributed by atoms with Crippen molar-refractivity contribution in [2.24, 2.45) is 21.7 Å². The van der Waals surface area contributed by atoms with Gasteiger partial charge in [-0.15, -0.1) is 5.10 Å². The molecule has 0 spiro atoms. The lowest BCUT2D eigenvalue weighted by Gasteiger charge is -2.05. The molecule has 0 aliphatic heterocycles. The Morgan fingerprint density at radius 2 is 2.25 bits per heavy atom. The fourth-order valence-corrected chi connectivity index (χ4v) is 1.28. The van der Waals surface area contributed by atoms with Gasteiger partial charge in [0.2, 0.25) is 5.96 Å². The quantitative estimate of drug-likeness (QED) is 0.473. The summed E-state index contributed by atoms with van der Waals surface area (Å²) in [5.41, 5.74) is 11.0. The lowest BCUT2D eigenvalue weighted by Crippen LogP contribution is -2.21. The van der Waals surface area contributed by atoms with E-state index in [0.717, 1.165) is 5.56 Å². The van der Waals surface area contributed by atoms with Crippen molar-refractivity contribution in [1.82, 2.24) is 0 Å². The van der Waals surface area contributed by atoms with E-state index in [1.165, 1.54) is 6.21 Å². The first-order valence-electron chi connectivity index (χ1n) is 4.67. The fourth-order valence-electron chi connectivity index (χ4n) is 1.03. The SMILES string of the molecule is CCOc1ccc(/C=N\N=C(N)N)cc1Cl. The highest BCUT2D eigenvalue weighted by Crippen LogP contribution is 2.24. The summed E-state index contributed by atoms with van der Waals surface area (Å²) < 4.78 is 5.29. The van der Waals surface area contributed by atoms with Gasteiger partial charge in [0.25, 0.3) is 0 Å². The van der Waals surface area contributed by atoms with Crippen molar-refractivity contribution in [2.45, 2.75) is 6.92 Å². The van der Waals surface area contributed by atoms with Crippen molar-refractivity contribution < 1.29 is 4.74 Å². The summed E-state index contributed by atoms with van der Waals surface area (Å²) in [6.07, 6.45) is 1.50. The van der Waals surface area contributed by atoms with E-state index < -0.39 is 0 Å². The van der Waals surface area contributed by atoms with Crippen LogP contribution in [0.1, 0.15) is 12.5 Å². The number of rotatable bonds is 4. The van der Waals surface area contributed by atoms with Crippen LogP contribution in [0, 0.1) is 0 Å². The summed E-state index contributed by atoms with van der Waals surface area (Å²) in [7, 11) is 0. The topological polar surface area (TPSA) is 86.0 Å². The lowest BCUT2D eigenvalue weighted by atomic mass is 10.2. The van der Waals surface area contributed by atoms with Gasteiger partial charge >= 0.3 is 0 Å². The van der Waals surface area contributed by atoms with E-state index in [-0.39, 0.29) is 5.96 Å². The largest absolute Gasteiger partial charge is 0.492 e. The minimum Gasteiger partial charge on any atom is -0.492 e. The molecule has 0 fully saturated rings. The fraction of sp³-hybridized carbons (Fsp3) is 0.200. The van der Waals surface area contributed by atoms with Crippen molar-refractivity contribution in [2.75, 3.05) is 6.61 Å². The number of nitrogens with two attached hydrogens (primary N) is 2. The van der Waals surface area contributed by atoms with E-state index in [2.05, 4.69) is 10.2 Å². The minimum atomic E-state index is -0.0896. The van der Waals surface area contributed by atoms with Crippen LogP contribution < -0.4 is 16.2 Å². The van der Waals surface area contributed by atoms with Crippen molar-refractivity contribution >= 4 is 23.8 Å². The second-order valence-electron chi connectivity index (χ2n) is 2.89. The number of guanidine groups is 1. The molecule has 1 aromatic rings. The van der Waals surface area contributed by atoms with Crippen LogP contribution in [0.3, 0.4) is 0 Å². The summed E-state index contributed by atoms with van der Waals surface area (Å²) in [5.74, 6) is 0.552. The van der Waals surface area contributed by atoms with Crippen LogP contribution in [0.4, 0.5) is 0 Å². The molecule has 86 valence electrons. The number of hydrogen-bond acceptors (Lipinski definition) is 3. The third-order valence-electron chi connectivity index (χ3n) is 1.64. The smallest absolute Gasteiger partial charge is 0.211 e. The maximum atomic E-state index is 5.98. The van der Waals surface area contributed by atoms with Crippen molar-refractivity contribution in [3.63, 3.8) is 0 Å². The molecule has 0 saturated heterocycles. The average molecular weight is 241 g/mol. The highest BCUT2D eigenvalue weighted by Gasteiger charge is 2.00. The third-order valence-corrected chi connectivity index (χ3v) is 1.93. The summed E-state index contributed by atoms with van der Waals surface area (Å²) >= 11 is 5.98. The Kier molecular flexibility index (Phi) is 4.60. The van der Waals surface area contributed by atoms with Gasteiger partial charge < -0.3 is 16.2 Å². The highest BCUT2D eigenvalue weighted by atomic mass is 35.5. The normalized spacial score (nSPS) is 10.4. The molecule has 0 radical (unpaired) electrons. The van der Waals surface area contributed by atoms with E-state index in [1.807, 2.05) is 13.0 Å². The first-order valence-corrected chi connectivity index (χ1v) is 5.05. The van der Waals surface area contributed by atoms with Gasteiger partial charge in [-0.3, -0.25) is 0 Å². The Morgan fingerprint density at radius 3 is 2.81 bits per heavy atom. The molecule has 1 rings (SSSR count). The van der Waals surface area contributed by atoms with Gasteiger partial charge in [-0.1, -0.05) is 11.6 Å². The second kappa shape index (κ2) is 5.97. The second-order valence-corrected chi connectivity index (χ2v) is 3.30. The van der Waals surface area contributed by atoms with E-state index in [9.17, 15) is 0 Å². The zero-order valence-electron chi connectivity index (χ0n) is 8.85. The van der Waals surface area contributed by atoms with Crippen LogP contribution in [0.5, 0.6) is 5.75 Å². The number of hydrogen-bond donors (Lipinski definition) is 2. The van der Waals surface area contributed by atoms with E-state index in [4.69, 9.17) is 27.8 Å². The van der Waals surface area contributed by atoms with Gasteiger partial charge in [0.05, 0.1) is 17.8 Å². The highest BCUT2D eigenvalue weighted by molar-refractivity contribution is 6.32. The summed E-state index contributed by atoms with van der Waals surface area (Å²) in [6.45, 7) is 2.46. The Labute approximate surface area is 98.7 Å². The van der Waals surface area contributed by atoms with Crippen LogP contribution in [0.2, 0.25) is 5.02 Å². The van der Waals surface area contributed by atoms with Gasteiger partial charge in [0.15, 0.2) is 0 Å². The van der Waals surface area contributed by atoms with Crippen molar-refractivity contribution in [3.8, 4) is 5.75 Å². The molecule has 0 saturated carbocycles. The van der Waals surface area contributed by atoms with E-state index in [1.54, 1.807) is 12.1 Å². The molecule has 0 aliphatic rings. The van der Waals surface area contributed by atoms with Gasteiger partial charge in [0, 0.05) is 0 Å². The molecule has 0 bridgehead atoms. The molecule has 0 amide bonds. The molecule has 1 aromatic carbocycles. The van der Waals surface area contributed by atoms with E-state index >= 15 is 0 Å². The van der Waals surface area contributed by atoms with Crippen molar-refractivity contribution in [1.29, 1.82) is 0 Å². The Hall–Kier alpha value is -1.75. The molecular weight excluding hydrogens is 228 g/mol. The van der Waals surface area contributed by atoms with Gasteiger partial charge in [-0.05, 0) is 30.7 Å². The van der Waals surface area contributed by atoms with Crippen molar-refractivity contribution in [3.05, 3.63) is 28.8 Å². The summed E-state index contributed by atoms with van der Waals surface area (Å²) in [6, 6.07) is 5.30. The summed E-state index contributed by atoms with van der Waals surface area (Å²) in [4.78, 5) is 0. The number of ether oxygens (including phenoxy) is 1. The molecule has 0 aromatic heterocycles. The van der Waals surface area contributed by atoms with E-state index in [0.29, 0.717) is 17.4 Å². The Balaban J connectivity index is 2.81. The van der Waals surface area contributed by atoms with Crippen LogP contribution in [-0.2, 0) is 0 Å². The van der Waals surface area contributed by atoms with Gasteiger partial charge in [-0.25, -0.2) is 0 Å². The van der Waals surface area contributed by atoms with Gasteiger partial charge in [-0.2, -0.15) is 5.10 Å². The predicted octanol–water partition coefficient (Wildman–Crippen LogP) is 1.35. The molecule has 0 unspecified atom stereocenters. The summed E-state index contributed by atoms with van der Waals surface area (Å²) in [5, 5.41) is 7.67. The predicted molar refractivity (Wildman–Crippen MR) is 66.0 cm³/mol. The maximum absolute atomic E-state index is 5.98. The van der Waals surface area contributed by atoms with Gasteiger partial charge in [0.1, 0.15) is 5.75 Å². The molecule has 5 nitrogen and oxygen atoms in total. The average Bonchev–Trinajstić information content (AvgIpc) is 2.21.